The zero-order chi connectivity index (χ0) is 18.5. The van der Waals surface area contributed by atoms with Crippen molar-refractivity contribution >= 4 is 25.7 Å². The van der Waals surface area contributed by atoms with Gasteiger partial charge < -0.3 is 0 Å². The molecule has 1 aromatic carbocycles. The van der Waals surface area contributed by atoms with Gasteiger partial charge in [-0.2, -0.15) is 4.31 Å². The fourth-order valence-electron chi connectivity index (χ4n) is 2.27. The summed E-state index contributed by atoms with van der Waals surface area (Å²) < 4.78 is 53.5. The molecule has 0 spiro atoms. The molecule has 0 unspecified atom stereocenters. The molecule has 0 saturated carbocycles. The lowest BCUT2D eigenvalue weighted by Gasteiger charge is -2.20. The van der Waals surface area contributed by atoms with Crippen LogP contribution in [0.25, 0.3) is 0 Å². The molecular weight excluding hydrogens is 348 g/mol. The van der Waals surface area contributed by atoms with Gasteiger partial charge in [0.25, 0.3) is 0 Å². The van der Waals surface area contributed by atoms with Crippen LogP contribution in [-0.2, 0) is 20.0 Å². The Bertz CT molecular complexity index is 752. The summed E-state index contributed by atoms with van der Waals surface area (Å²) >= 11 is 0. The Labute approximate surface area is 146 Å². The second-order valence-electron chi connectivity index (χ2n) is 6.17. The standard InChI is InChI=1S/C16H28N2O4S2/c1-6-18(7-2)24(21,22)16-12-15(9-8-14(16)5)17-23(19,20)11-10-13(3)4/h8-9,12-13,17H,6-7,10-11H2,1-5H3. The monoisotopic (exact) mass is 376 g/mol. The van der Waals surface area contributed by atoms with Crippen LogP contribution in [0, 0.1) is 12.8 Å². The number of aryl methyl sites for hydroxylation is 1. The van der Waals surface area contributed by atoms with Gasteiger partial charge in [0.05, 0.1) is 10.6 Å². The molecule has 1 N–H and O–H groups in total. The zero-order valence-electron chi connectivity index (χ0n) is 15.0. The van der Waals surface area contributed by atoms with Crippen LogP contribution in [0.1, 0.15) is 39.7 Å². The van der Waals surface area contributed by atoms with Crippen LogP contribution in [-0.4, -0.2) is 40.0 Å². The van der Waals surface area contributed by atoms with E-state index in [9.17, 15) is 16.8 Å². The molecule has 0 fully saturated rings. The van der Waals surface area contributed by atoms with Crippen LogP contribution in [0.5, 0.6) is 0 Å². The van der Waals surface area contributed by atoms with E-state index >= 15 is 0 Å². The van der Waals surface area contributed by atoms with Gasteiger partial charge in [-0.25, -0.2) is 16.8 Å². The summed E-state index contributed by atoms with van der Waals surface area (Å²) in [5, 5.41) is 0. The normalized spacial score (nSPS) is 12.8. The average Bonchev–Trinajstić information content (AvgIpc) is 2.48. The van der Waals surface area contributed by atoms with Crippen LogP contribution in [0.15, 0.2) is 23.1 Å². The third kappa shape index (κ3) is 5.46. The van der Waals surface area contributed by atoms with E-state index < -0.39 is 20.0 Å². The van der Waals surface area contributed by atoms with Crippen molar-refractivity contribution in [3.63, 3.8) is 0 Å². The molecule has 0 amide bonds. The van der Waals surface area contributed by atoms with Crippen molar-refractivity contribution in [2.45, 2.75) is 45.9 Å². The number of rotatable bonds is 9. The molecule has 138 valence electrons. The first-order valence-electron chi connectivity index (χ1n) is 8.14. The Morgan fingerprint density at radius 1 is 1.08 bits per heavy atom. The lowest BCUT2D eigenvalue weighted by Crippen LogP contribution is -2.31. The van der Waals surface area contributed by atoms with Gasteiger partial charge in [0, 0.05) is 18.8 Å². The van der Waals surface area contributed by atoms with Gasteiger partial charge in [0.2, 0.25) is 20.0 Å². The number of hydrogen-bond donors (Lipinski definition) is 1. The van der Waals surface area contributed by atoms with Crippen LogP contribution in [0.3, 0.4) is 0 Å². The molecule has 6 nitrogen and oxygen atoms in total. The molecule has 0 saturated heterocycles. The Morgan fingerprint density at radius 3 is 2.17 bits per heavy atom. The van der Waals surface area contributed by atoms with Crippen molar-refractivity contribution in [3.05, 3.63) is 23.8 Å². The number of hydrogen-bond acceptors (Lipinski definition) is 4. The molecular formula is C16H28N2O4S2. The first-order chi connectivity index (χ1) is 11.0. The van der Waals surface area contributed by atoms with Crippen molar-refractivity contribution in [1.82, 2.24) is 4.31 Å². The van der Waals surface area contributed by atoms with Gasteiger partial charge in [0.15, 0.2) is 0 Å². The van der Waals surface area contributed by atoms with Crippen molar-refractivity contribution in [1.29, 1.82) is 0 Å². The topological polar surface area (TPSA) is 83.6 Å². The van der Waals surface area contributed by atoms with E-state index in [1.807, 2.05) is 13.8 Å². The van der Waals surface area contributed by atoms with Crippen LogP contribution < -0.4 is 4.72 Å². The van der Waals surface area contributed by atoms with Gasteiger partial charge in [-0.05, 0) is 37.0 Å². The highest BCUT2D eigenvalue weighted by atomic mass is 32.2. The Morgan fingerprint density at radius 2 is 1.67 bits per heavy atom. The minimum Gasteiger partial charge on any atom is -0.284 e. The fourth-order valence-corrected chi connectivity index (χ4v) is 5.34. The first-order valence-corrected chi connectivity index (χ1v) is 11.2. The minimum atomic E-state index is -3.64. The average molecular weight is 377 g/mol. The quantitative estimate of drug-likeness (QED) is 0.718. The van der Waals surface area contributed by atoms with E-state index in [0.29, 0.717) is 25.1 Å². The number of benzene rings is 1. The summed E-state index contributed by atoms with van der Waals surface area (Å²) in [6, 6.07) is 4.61. The smallest absolute Gasteiger partial charge is 0.243 e. The first kappa shape index (κ1) is 20.9. The molecule has 8 heteroatoms. The maximum atomic E-state index is 12.7. The van der Waals surface area contributed by atoms with Gasteiger partial charge in [-0.3, -0.25) is 4.72 Å². The zero-order valence-corrected chi connectivity index (χ0v) is 16.7. The van der Waals surface area contributed by atoms with E-state index in [2.05, 4.69) is 4.72 Å². The summed E-state index contributed by atoms with van der Waals surface area (Å²) in [5.74, 6) is 0.287. The summed E-state index contributed by atoms with van der Waals surface area (Å²) in [7, 11) is -7.13. The second-order valence-corrected chi connectivity index (χ2v) is 9.92. The highest BCUT2D eigenvalue weighted by molar-refractivity contribution is 7.92. The summed E-state index contributed by atoms with van der Waals surface area (Å²) in [6.45, 7) is 9.88. The van der Waals surface area contributed by atoms with Gasteiger partial charge >= 0.3 is 0 Å². The number of nitrogens with one attached hydrogen (secondary N) is 1. The van der Waals surface area contributed by atoms with E-state index in [1.54, 1.807) is 32.9 Å². The molecule has 0 bridgehead atoms. The van der Waals surface area contributed by atoms with E-state index in [-0.39, 0.29) is 22.3 Å². The second kappa shape index (κ2) is 8.31. The lowest BCUT2D eigenvalue weighted by atomic mass is 10.2. The van der Waals surface area contributed by atoms with E-state index in [1.165, 1.54) is 10.4 Å². The van der Waals surface area contributed by atoms with E-state index in [4.69, 9.17) is 0 Å². The highest BCUT2D eigenvalue weighted by Gasteiger charge is 2.24. The Hall–Kier alpha value is -1.12. The third-order valence-electron chi connectivity index (χ3n) is 3.75. The molecule has 0 aromatic heterocycles. The molecule has 0 aliphatic rings. The van der Waals surface area contributed by atoms with Gasteiger partial charge in [0.1, 0.15) is 0 Å². The molecule has 0 aliphatic heterocycles. The summed E-state index contributed by atoms with van der Waals surface area (Å²) in [6.07, 6.45) is 0.547. The van der Waals surface area contributed by atoms with Crippen molar-refractivity contribution in [2.24, 2.45) is 5.92 Å². The maximum Gasteiger partial charge on any atom is 0.243 e. The van der Waals surface area contributed by atoms with Crippen LogP contribution in [0.2, 0.25) is 0 Å². The summed E-state index contributed by atoms with van der Waals surface area (Å²) in [5.41, 5.74) is 0.863. The maximum absolute atomic E-state index is 12.7. The van der Waals surface area contributed by atoms with Crippen LogP contribution in [0.4, 0.5) is 5.69 Å². The predicted molar refractivity (Wildman–Crippen MR) is 98.2 cm³/mol. The molecule has 0 aliphatic carbocycles. The molecule has 24 heavy (non-hydrogen) atoms. The van der Waals surface area contributed by atoms with Crippen LogP contribution >= 0.6 is 0 Å². The molecule has 0 atom stereocenters. The third-order valence-corrected chi connectivity index (χ3v) is 7.26. The molecule has 1 aromatic rings. The number of sulfonamides is 2. The Kier molecular flexibility index (Phi) is 7.25. The Balaban J connectivity index is 3.15. The minimum absolute atomic E-state index is 0.0106. The van der Waals surface area contributed by atoms with Crippen molar-refractivity contribution < 1.29 is 16.8 Å². The molecule has 0 heterocycles. The summed E-state index contributed by atoms with van der Waals surface area (Å²) in [4.78, 5) is 0.134. The SMILES string of the molecule is CCN(CC)S(=O)(=O)c1cc(NS(=O)(=O)CCC(C)C)ccc1C. The van der Waals surface area contributed by atoms with E-state index in [0.717, 1.165) is 0 Å². The number of anilines is 1. The molecule has 0 radical (unpaired) electrons. The predicted octanol–water partition coefficient (Wildman–Crippen LogP) is 2.81. The molecule has 1 rings (SSSR count). The fraction of sp³-hybridized carbons (Fsp3) is 0.625. The van der Waals surface area contributed by atoms with Gasteiger partial charge in [-0.1, -0.05) is 33.8 Å². The largest absolute Gasteiger partial charge is 0.284 e. The van der Waals surface area contributed by atoms with Crippen molar-refractivity contribution in [2.75, 3.05) is 23.6 Å². The highest BCUT2D eigenvalue weighted by Crippen LogP contribution is 2.24. The van der Waals surface area contributed by atoms with Gasteiger partial charge in [-0.15, -0.1) is 0 Å². The van der Waals surface area contributed by atoms with Crippen molar-refractivity contribution in [3.8, 4) is 0 Å². The lowest BCUT2D eigenvalue weighted by molar-refractivity contribution is 0.445. The number of nitrogens with zero attached hydrogens (tertiary/aromatic N) is 1.